The topological polar surface area (TPSA) is 12.4 Å². The minimum Gasteiger partial charge on any atom is -0.283 e. The van der Waals surface area contributed by atoms with Gasteiger partial charge in [-0.2, -0.15) is 0 Å². The highest BCUT2D eigenvalue weighted by Crippen LogP contribution is 2.32. The van der Waals surface area contributed by atoms with E-state index in [1.807, 2.05) is 26.0 Å². The largest absolute Gasteiger partial charge is 0.283 e. The van der Waals surface area contributed by atoms with Gasteiger partial charge in [-0.3, -0.25) is 4.99 Å². The molecule has 0 unspecified atom stereocenters. The van der Waals surface area contributed by atoms with Gasteiger partial charge in [0.25, 0.3) is 0 Å². The molecule has 1 aromatic rings. The highest BCUT2D eigenvalue weighted by Gasteiger charge is 2.30. The summed E-state index contributed by atoms with van der Waals surface area (Å²) in [5.74, 6) is 0. The molecular weight excluding hydrogens is 289 g/mol. The van der Waals surface area contributed by atoms with Crippen molar-refractivity contribution in [2.45, 2.75) is 30.6 Å². The summed E-state index contributed by atoms with van der Waals surface area (Å²) < 4.78 is -1.07. The first-order valence-electron chi connectivity index (χ1n) is 5.69. The molecule has 0 saturated heterocycles. The third kappa shape index (κ3) is 4.31. The zero-order chi connectivity index (χ0) is 13.8. The van der Waals surface area contributed by atoms with Crippen LogP contribution in [0.1, 0.15) is 25.8 Å². The molecule has 18 heavy (non-hydrogen) atoms. The lowest BCUT2D eigenvalue weighted by Crippen LogP contribution is -2.27. The van der Waals surface area contributed by atoms with Crippen LogP contribution in [0.3, 0.4) is 0 Å². The summed E-state index contributed by atoms with van der Waals surface area (Å²) in [6.07, 6.45) is 2.12. The van der Waals surface area contributed by atoms with E-state index in [2.05, 4.69) is 11.6 Å². The van der Waals surface area contributed by atoms with Gasteiger partial charge in [0.2, 0.25) is 0 Å². The first kappa shape index (κ1) is 15.6. The fourth-order valence-electron chi connectivity index (χ4n) is 1.52. The molecule has 0 amide bonds. The Morgan fingerprint density at radius 1 is 1.33 bits per heavy atom. The second-order valence-corrected chi connectivity index (χ2v) is 6.20. The molecule has 1 aromatic carbocycles. The number of hydrogen-bond donors (Lipinski definition) is 0. The van der Waals surface area contributed by atoms with Crippen molar-refractivity contribution in [3.8, 4) is 0 Å². The monoisotopic (exact) mass is 303 g/mol. The molecule has 0 heterocycles. The van der Waals surface area contributed by atoms with Gasteiger partial charge in [0.15, 0.2) is 4.33 Å². The molecule has 0 saturated carbocycles. The first-order chi connectivity index (χ1) is 8.36. The van der Waals surface area contributed by atoms with Crippen LogP contribution in [0.25, 0.3) is 0 Å². The number of halogens is 3. The second-order valence-electron chi connectivity index (χ2n) is 4.28. The molecule has 0 fully saturated rings. The van der Waals surface area contributed by atoms with Crippen LogP contribution in [0.4, 0.5) is 0 Å². The van der Waals surface area contributed by atoms with Gasteiger partial charge in [0.05, 0.1) is 5.71 Å². The van der Waals surface area contributed by atoms with Gasteiger partial charge in [-0.05, 0) is 31.5 Å². The van der Waals surface area contributed by atoms with Gasteiger partial charge in [0.1, 0.15) is 0 Å². The Morgan fingerprint density at radius 3 is 2.33 bits per heavy atom. The Kier molecular flexibility index (Phi) is 5.71. The maximum Gasteiger partial charge on any atom is 0.163 e. The summed E-state index contributed by atoms with van der Waals surface area (Å²) >= 11 is 18.6. The van der Waals surface area contributed by atoms with E-state index in [0.717, 1.165) is 5.56 Å². The summed E-state index contributed by atoms with van der Waals surface area (Å²) in [7, 11) is 0. The zero-order valence-electron chi connectivity index (χ0n) is 10.5. The molecule has 0 N–H and O–H groups in total. The van der Waals surface area contributed by atoms with Crippen molar-refractivity contribution in [3.63, 3.8) is 0 Å². The van der Waals surface area contributed by atoms with Crippen molar-refractivity contribution in [3.05, 3.63) is 47.5 Å². The molecule has 0 aliphatic carbocycles. The molecule has 0 spiro atoms. The van der Waals surface area contributed by atoms with E-state index in [1.54, 1.807) is 18.2 Å². The van der Waals surface area contributed by atoms with Gasteiger partial charge in [-0.1, -0.05) is 53.0 Å². The van der Waals surface area contributed by atoms with Crippen LogP contribution in [0.2, 0.25) is 5.02 Å². The Labute approximate surface area is 123 Å². The molecule has 0 atom stereocenters. The molecule has 98 valence electrons. The Bertz CT molecular complexity index is 433. The van der Waals surface area contributed by atoms with Crippen molar-refractivity contribution in [2.24, 2.45) is 4.99 Å². The lowest BCUT2D eigenvalue weighted by Gasteiger charge is -2.22. The van der Waals surface area contributed by atoms with Gasteiger partial charge in [-0.15, -0.1) is 6.58 Å². The average molecular weight is 305 g/mol. The van der Waals surface area contributed by atoms with Gasteiger partial charge in [-0.25, -0.2) is 0 Å². The number of alkyl halides is 2. The minimum atomic E-state index is -1.07. The molecule has 1 rings (SSSR count). The smallest absolute Gasteiger partial charge is 0.163 e. The summed E-state index contributed by atoms with van der Waals surface area (Å²) in [6, 6.07) is 7.44. The van der Waals surface area contributed by atoms with Crippen LogP contribution in [-0.2, 0) is 0 Å². The van der Waals surface area contributed by atoms with Crippen molar-refractivity contribution in [1.29, 1.82) is 0 Å². The standard InChI is InChI=1S/C14H16Cl3N/c1-4-9-14(16,17)13(18-10(2)3)11-5-7-12(15)8-6-11/h4-8,10H,1,9H2,2-3H3. The lowest BCUT2D eigenvalue weighted by atomic mass is 10.0. The van der Waals surface area contributed by atoms with Crippen LogP contribution in [0.5, 0.6) is 0 Å². The SMILES string of the molecule is C=CCC(Cl)(Cl)C(=NC(C)C)c1ccc(Cl)cc1. The first-order valence-corrected chi connectivity index (χ1v) is 6.83. The van der Waals surface area contributed by atoms with E-state index in [-0.39, 0.29) is 6.04 Å². The molecule has 0 radical (unpaired) electrons. The highest BCUT2D eigenvalue weighted by atomic mass is 35.5. The van der Waals surface area contributed by atoms with Crippen LogP contribution in [0, 0.1) is 0 Å². The normalized spacial score (nSPS) is 12.9. The zero-order valence-corrected chi connectivity index (χ0v) is 12.7. The molecule has 0 aliphatic rings. The van der Waals surface area contributed by atoms with Crippen molar-refractivity contribution >= 4 is 40.5 Å². The van der Waals surface area contributed by atoms with Crippen LogP contribution < -0.4 is 0 Å². The highest BCUT2D eigenvalue weighted by molar-refractivity contribution is 6.60. The van der Waals surface area contributed by atoms with E-state index in [0.29, 0.717) is 17.2 Å². The predicted molar refractivity (Wildman–Crippen MR) is 82.4 cm³/mol. The number of nitrogens with zero attached hydrogens (tertiary/aromatic N) is 1. The third-order valence-corrected chi connectivity index (χ3v) is 3.17. The quantitative estimate of drug-likeness (QED) is 0.398. The van der Waals surface area contributed by atoms with E-state index in [9.17, 15) is 0 Å². The summed E-state index contributed by atoms with van der Waals surface area (Å²) in [5, 5.41) is 0.668. The number of hydrogen-bond acceptors (Lipinski definition) is 1. The van der Waals surface area contributed by atoms with E-state index in [1.165, 1.54) is 0 Å². The number of benzene rings is 1. The van der Waals surface area contributed by atoms with E-state index >= 15 is 0 Å². The number of rotatable bonds is 5. The Hall–Kier alpha value is -0.500. The van der Waals surface area contributed by atoms with Crippen molar-refractivity contribution in [1.82, 2.24) is 0 Å². The molecule has 0 aromatic heterocycles. The molecule has 1 nitrogen and oxygen atoms in total. The summed E-state index contributed by atoms with van der Waals surface area (Å²) in [4.78, 5) is 4.53. The molecular formula is C14H16Cl3N. The minimum absolute atomic E-state index is 0.109. The van der Waals surface area contributed by atoms with Crippen LogP contribution >= 0.6 is 34.8 Å². The van der Waals surface area contributed by atoms with Gasteiger partial charge >= 0.3 is 0 Å². The fourth-order valence-corrected chi connectivity index (χ4v) is 2.18. The molecule has 4 heteroatoms. The molecule has 0 bridgehead atoms. The summed E-state index contributed by atoms with van der Waals surface area (Å²) in [6.45, 7) is 7.63. The van der Waals surface area contributed by atoms with Crippen molar-refractivity contribution in [2.75, 3.05) is 0 Å². The van der Waals surface area contributed by atoms with Gasteiger partial charge in [0, 0.05) is 17.5 Å². The fraction of sp³-hybridized carbons (Fsp3) is 0.357. The van der Waals surface area contributed by atoms with Crippen molar-refractivity contribution < 1.29 is 0 Å². The maximum atomic E-state index is 6.35. The number of allylic oxidation sites excluding steroid dienone is 1. The van der Waals surface area contributed by atoms with E-state index < -0.39 is 4.33 Å². The predicted octanol–water partition coefficient (Wildman–Crippen LogP) is 5.29. The van der Waals surface area contributed by atoms with E-state index in [4.69, 9.17) is 34.8 Å². The maximum absolute atomic E-state index is 6.35. The third-order valence-electron chi connectivity index (χ3n) is 2.25. The van der Waals surface area contributed by atoms with Gasteiger partial charge < -0.3 is 0 Å². The number of aliphatic imine (C=N–C) groups is 1. The van der Waals surface area contributed by atoms with Crippen LogP contribution in [-0.4, -0.2) is 16.1 Å². The second kappa shape index (κ2) is 6.60. The average Bonchev–Trinajstić information content (AvgIpc) is 2.27. The lowest BCUT2D eigenvalue weighted by molar-refractivity contribution is 0.823. The summed E-state index contributed by atoms with van der Waals surface area (Å²) in [5.41, 5.74) is 1.53. The van der Waals surface area contributed by atoms with Crippen LogP contribution in [0.15, 0.2) is 41.9 Å². The Balaban J connectivity index is 3.22. The Morgan fingerprint density at radius 2 is 1.89 bits per heavy atom. The molecule has 0 aliphatic heterocycles.